The first-order chi connectivity index (χ1) is 5.40. The van der Waals surface area contributed by atoms with E-state index in [0.717, 1.165) is 0 Å². The number of rotatable bonds is 1. The van der Waals surface area contributed by atoms with E-state index in [1.54, 1.807) is 6.08 Å². The van der Waals surface area contributed by atoms with Crippen LogP contribution in [0.15, 0.2) is 11.1 Å². The van der Waals surface area contributed by atoms with E-state index in [0.29, 0.717) is 10.7 Å². The van der Waals surface area contributed by atoms with E-state index in [4.69, 9.17) is 17.0 Å². The van der Waals surface area contributed by atoms with Gasteiger partial charge < -0.3 is 10.5 Å². The molecule has 68 valence electrons. The fourth-order valence-corrected chi connectivity index (χ4v) is 1.75. The average molecular weight is 188 g/mol. The van der Waals surface area contributed by atoms with Gasteiger partial charge >= 0.3 is 0 Å². The maximum atomic E-state index is 9.66. The summed E-state index contributed by atoms with van der Waals surface area (Å²) in [6.45, 7) is 5.85. The summed E-state index contributed by atoms with van der Waals surface area (Å²) in [4.78, 5) is 0. The van der Waals surface area contributed by atoms with Gasteiger partial charge in [-0.2, -0.15) is 0 Å². The maximum absolute atomic E-state index is 9.66. The molecule has 1 aliphatic carbocycles. The van der Waals surface area contributed by atoms with Gasteiger partial charge in [-0.3, -0.25) is 0 Å². The van der Waals surface area contributed by atoms with Crippen molar-refractivity contribution in [1.82, 2.24) is 0 Å². The number of halogens is 1. The highest BCUT2D eigenvalue weighted by molar-refractivity contribution is 6.44. The fourth-order valence-electron chi connectivity index (χ4n) is 1.43. The summed E-state index contributed by atoms with van der Waals surface area (Å²) in [6.07, 6.45) is 0.932. The zero-order valence-corrected chi connectivity index (χ0v) is 8.31. The number of hydrogen-bond donors (Lipinski definition) is 2. The lowest BCUT2D eigenvalue weighted by atomic mass is 9.74. The summed E-state index contributed by atoms with van der Waals surface area (Å²) >= 11 is 5.76. The Morgan fingerprint density at radius 3 is 2.33 bits per heavy atom. The molecule has 2 N–H and O–H groups in total. The van der Waals surface area contributed by atoms with Crippen LogP contribution in [-0.2, 0) is 0 Å². The van der Waals surface area contributed by atoms with E-state index in [9.17, 15) is 5.11 Å². The third kappa shape index (κ3) is 1.10. The fraction of sp³-hybridized carbons (Fsp3) is 0.667. The standard InChI is InChI=1S/C9H14ClNO/c1-5(2)9(3)7(12)4-6(10)8(9)11/h4-5,7,11-12H,1-3H3/t7?,9-/m0/s1. The zero-order valence-electron chi connectivity index (χ0n) is 7.56. The van der Waals surface area contributed by atoms with Crippen molar-refractivity contribution in [3.05, 3.63) is 11.1 Å². The molecule has 0 aromatic rings. The molecular weight excluding hydrogens is 174 g/mol. The van der Waals surface area contributed by atoms with Crippen molar-refractivity contribution in [1.29, 1.82) is 5.41 Å². The number of allylic oxidation sites excluding steroid dienone is 1. The van der Waals surface area contributed by atoms with E-state index < -0.39 is 11.5 Å². The first-order valence-electron chi connectivity index (χ1n) is 4.05. The molecule has 0 bridgehead atoms. The highest BCUT2D eigenvalue weighted by atomic mass is 35.5. The van der Waals surface area contributed by atoms with Crippen LogP contribution in [0.4, 0.5) is 0 Å². The van der Waals surface area contributed by atoms with Gasteiger partial charge in [0.2, 0.25) is 0 Å². The summed E-state index contributed by atoms with van der Waals surface area (Å²) in [5, 5.41) is 17.8. The molecule has 0 aromatic heterocycles. The van der Waals surface area contributed by atoms with Crippen LogP contribution in [0, 0.1) is 16.7 Å². The lowest BCUT2D eigenvalue weighted by Gasteiger charge is -2.32. The second-order valence-electron chi connectivity index (χ2n) is 3.77. The van der Waals surface area contributed by atoms with Crippen LogP contribution in [-0.4, -0.2) is 16.9 Å². The predicted octanol–water partition coefficient (Wildman–Crippen LogP) is 2.17. The van der Waals surface area contributed by atoms with Crippen molar-refractivity contribution in [2.45, 2.75) is 26.9 Å². The number of nitrogens with one attached hydrogen (secondary N) is 1. The molecular formula is C9H14ClNO. The molecule has 1 rings (SSSR count). The molecule has 2 atom stereocenters. The van der Waals surface area contributed by atoms with Gasteiger partial charge in [-0.15, -0.1) is 0 Å². The Morgan fingerprint density at radius 2 is 2.17 bits per heavy atom. The average Bonchev–Trinajstić information content (AvgIpc) is 2.16. The van der Waals surface area contributed by atoms with Crippen LogP contribution < -0.4 is 0 Å². The quantitative estimate of drug-likeness (QED) is 0.649. The molecule has 0 amide bonds. The molecule has 2 nitrogen and oxygen atoms in total. The summed E-state index contributed by atoms with van der Waals surface area (Å²) < 4.78 is 0. The molecule has 0 fully saturated rings. The van der Waals surface area contributed by atoms with Gasteiger partial charge in [-0.1, -0.05) is 32.4 Å². The first-order valence-corrected chi connectivity index (χ1v) is 4.43. The van der Waals surface area contributed by atoms with Gasteiger partial charge in [0, 0.05) is 5.41 Å². The van der Waals surface area contributed by atoms with Gasteiger partial charge in [-0.25, -0.2) is 0 Å². The van der Waals surface area contributed by atoms with Gasteiger partial charge in [0.15, 0.2) is 0 Å². The molecule has 0 aromatic carbocycles. The van der Waals surface area contributed by atoms with Crippen molar-refractivity contribution in [2.24, 2.45) is 11.3 Å². The molecule has 0 radical (unpaired) electrons. The molecule has 0 spiro atoms. The van der Waals surface area contributed by atoms with Crippen molar-refractivity contribution in [2.75, 3.05) is 0 Å². The second kappa shape index (κ2) is 2.86. The Bertz CT molecular complexity index is 247. The summed E-state index contributed by atoms with van der Waals surface area (Å²) in [6, 6.07) is 0. The molecule has 1 aliphatic rings. The Kier molecular flexibility index (Phi) is 2.32. The van der Waals surface area contributed by atoms with Crippen molar-refractivity contribution in [3.8, 4) is 0 Å². The molecule has 0 heterocycles. The lowest BCUT2D eigenvalue weighted by molar-refractivity contribution is 0.0986. The third-order valence-electron chi connectivity index (χ3n) is 2.90. The van der Waals surface area contributed by atoms with Crippen molar-refractivity contribution in [3.63, 3.8) is 0 Å². The van der Waals surface area contributed by atoms with Crippen molar-refractivity contribution < 1.29 is 5.11 Å². The minimum Gasteiger partial charge on any atom is -0.388 e. The summed E-state index contributed by atoms with van der Waals surface area (Å²) in [5.41, 5.74) is -0.149. The van der Waals surface area contributed by atoms with Gasteiger partial charge in [0.1, 0.15) is 0 Å². The number of aliphatic hydroxyl groups is 1. The van der Waals surface area contributed by atoms with E-state index in [1.165, 1.54) is 0 Å². The number of aliphatic hydroxyl groups excluding tert-OH is 1. The second-order valence-corrected chi connectivity index (χ2v) is 4.18. The van der Waals surface area contributed by atoms with Crippen LogP contribution in [0.25, 0.3) is 0 Å². The molecule has 12 heavy (non-hydrogen) atoms. The van der Waals surface area contributed by atoms with Gasteiger partial charge in [-0.05, 0) is 12.0 Å². The smallest absolute Gasteiger partial charge is 0.0850 e. The first kappa shape index (κ1) is 9.75. The molecule has 0 saturated heterocycles. The third-order valence-corrected chi connectivity index (χ3v) is 3.21. The molecule has 0 saturated carbocycles. The lowest BCUT2D eigenvalue weighted by Crippen LogP contribution is -2.38. The van der Waals surface area contributed by atoms with Crippen LogP contribution in [0.5, 0.6) is 0 Å². The van der Waals surface area contributed by atoms with E-state index in [1.807, 2.05) is 20.8 Å². The molecule has 3 heteroatoms. The minimum atomic E-state index is -0.613. The zero-order chi connectivity index (χ0) is 9.52. The largest absolute Gasteiger partial charge is 0.388 e. The van der Waals surface area contributed by atoms with Gasteiger partial charge in [0.05, 0.1) is 16.8 Å². The Balaban J connectivity index is 3.03. The van der Waals surface area contributed by atoms with Crippen molar-refractivity contribution >= 4 is 17.3 Å². The number of hydrogen-bond acceptors (Lipinski definition) is 2. The highest BCUT2D eigenvalue weighted by Crippen LogP contribution is 2.41. The van der Waals surface area contributed by atoms with Crippen LogP contribution >= 0.6 is 11.6 Å². The summed E-state index contributed by atoms with van der Waals surface area (Å²) in [7, 11) is 0. The monoisotopic (exact) mass is 187 g/mol. The van der Waals surface area contributed by atoms with Crippen LogP contribution in [0.2, 0.25) is 0 Å². The maximum Gasteiger partial charge on any atom is 0.0850 e. The Hall–Kier alpha value is -0.340. The predicted molar refractivity (Wildman–Crippen MR) is 50.6 cm³/mol. The normalized spacial score (nSPS) is 36.0. The minimum absolute atomic E-state index is 0.215. The highest BCUT2D eigenvalue weighted by Gasteiger charge is 2.44. The topological polar surface area (TPSA) is 44.1 Å². The molecule has 0 aliphatic heterocycles. The van der Waals surface area contributed by atoms with E-state index >= 15 is 0 Å². The molecule has 1 unspecified atom stereocenters. The SMILES string of the molecule is CC(C)[C@]1(C)C(=N)C(Cl)=CC1O. The Morgan fingerprint density at radius 1 is 1.67 bits per heavy atom. The van der Waals surface area contributed by atoms with E-state index in [2.05, 4.69) is 0 Å². The van der Waals surface area contributed by atoms with Crippen LogP contribution in [0.1, 0.15) is 20.8 Å². The van der Waals surface area contributed by atoms with E-state index in [-0.39, 0.29) is 5.92 Å². The Labute approximate surface area is 77.7 Å². The van der Waals surface area contributed by atoms with Crippen LogP contribution in [0.3, 0.4) is 0 Å². The summed E-state index contributed by atoms with van der Waals surface area (Å²) in [5.74, 6) is 0.215. The van der Waals surface area contributed by atoms with Gasteiger partial charge in [0.25, 0.3) is 0 Å².